The van der Waals surface area contributed by atoms with Gasteiger partial charge in [-0.3, -0.25) is 4.90 Å². The smallest absolute Gasteiger partial charge is 0.338 e. The van der Waals surface area contributed by atoms with Crippen LogP contribution in [0.1, 0.15) is 35.8 Å². The number of hydrogen-bond donors (Lipinski definition) is 2. The zero-order chi connectivity index (χ0) is 21.1. The highest BCUT2D eigenvalue weighted by molar-refractivity contribution is 6.03. The lowest BCUT2D eigenvalue weighted by Gasteiger charge is -2.35. The first-order valence-corrected chi connectivity index (χ1v) is 8.90. The van der Waals surface area contributed by atoms with Gasteiger partial charge < -0.3 is 15.2 Å². The minimum Gasteiger partial charge on any atom is -0.478 e. The first kappa shape index (κ1) is 20.1. The van der Waals surface area contributed by atoms with E-state index in [1.165, 1.54) is 47.4 Å². The SMILES string of the molecule is CCOC(=O)C1=C(C)N(c2ccc(C(=O)O)cc2)C(=O)N[C@H]1c1cccc(F)c1. The normalized spacial score (nSPS) is 16.4. The van der Waals surface area contributed by atoms with Crippen molar-refractivity contribution < 1.29 is 28.6 Å². The van der Waals surface area contributed by atoms with E-state index in [-0.39, 0.29) is 17.7 Å². The van der Waals surface area contributed by atoms with E-state index >= 15 is 0 Å². The molecule has 2 amide bonds. The fourth-order valence-electron chi connectivity index (χ4n) is 3.22. The second-order valence-corrected chi connectivity index (χ2v) is 6.34. The number of urea groups is 1. The number of carbonyl (C=O) groups excluding carboxylic acids is 2. The Morgan fingerprint density at radius 3 is 2.48 bits per heavy atom. The average Bonchev–Trinajstić information content (AvgIpc) is 2.68. The zero-order valence-electron chi connectivity index (χ0n) is 15.8. The molecule has 0 aliphatic carbocycles. The van der Waals surface area contributed by atoms with Gasteiger partial charge in [-0.2, -0.15) is 0 Å². The van der Waals surface area contributed by atoms with Gasteiger partial charge in [-0.05, 0) is 55.8 Å². The highest BCUT2D eigenvalue weighted by Gasteiger charge is 2.37. The lowest BCUT2D eigenvalue weighted by molar-refractivity contribution is -0.139. The predicted octanol–water partition coefficient (Wildman–Crippen LogP) is 3.63. The van der Waals surface area contributed by atoms with Crippen LogP contribution in [-0.2, 0) is 9.53 Å². The van der Waals surface area contributed by atoms with Crippen LogP contribution in [0.25, 0.3) is 0 Å². The van der Waals surface area contributed by atoms with Crippen LogP contribution in [0.2, 0.25) is 0 Å². The third-order valence-corrected chi connectivity index (χ3v) is 4.53. The van der Waals surface area contributed by atoms with Crippen LogP contribution in [0.4, 0.5) is 14.9 Å². The zero-order valence-corrected chi connectivity index (χ0v) is 15.8. The Labute approximate surface area is 166 Å². The number of hydrogen-bond acceptors (Lipinski definition) is 4. The van der Waals surface area contributed by atoms with E-state index in [0.29, 0.717) is 16.9 Å². The van der Waals surface area contributed by atoms with Crippen LogP contribution in [0.5, 0.6) is 0 Å². The molecule has 0 fully saturated rings. The third-order valence-electron chi connectivity index (χ3n) is 4.53. The van der Waals surface area contributed by atoms with Crippen molar-refractivity contribution in [2.45, 2.75) is 19.9 Å². The molecule has 3 rings (SSSR count). The van der Waals surface area contributed by atoms with E-state index < -0.39 is 29.8 Å². The van der Waals surface area contributed by atoms with Crippen molar-refractivity contribution in [2.24, 2.45) is 0 Å². The minimum atomic E-state index is -1.09. The molecule has 0 spiro atoms. The van der Waals surface area contributed by atoms with E-state index in [9.17, 15) is 18.8 Å². The highest BCUT2D eigenvalue weighted by atomic mass is 19.1. The van der Waals surface area contributed by atoms with Gasteiger partial charge in [0.1, 0.15) is 5.82 Å². The Bertz CT molecular complexity index is 1000. The van der Waals surface area contributed by atoms with Crippen LogP contribution >= 0.6 is 0 Å². The van der Waals surface area contributed by atoms with Crippen LogP contribution in [-0.4, -0.2) is 29.7 Å². The molecule has 0 bridgehead atoms. The molecule has 0 radical (unpaired) electrons. The number of esters is 1. The topological polar surface area (TPSA) is 95.9 Å². The van der Waals surface area contributed by atoms with Crippen molar-refractivity contribution in [1.29, 1.82) is 0 Å². The number of carboxylic acids is 1. The first-order valence-electron chi connectivity index (χ1n) is 8.90. The van der Waals surface area contributed by atoms with Gasteiger partial charge in [0.15, 0.2) is 0 Å². The molecule has 7 nitrogen and oxygen atoms in total. The number of amides is 2. The number of nitrogens with one attached hydrogen (secondary N) is 1. The van der Waals surface area contributed by atoms with Crippen molar-refractivity contribution in [3.8, 4) is 0 Å². The molecule has 0 saturated heterocycles. The van der Waals surface area contributed by atoms with Crippen LogP contribution in [0, 0.1) is 5.82 Å². The molecule has 0 aromatic heterocycles. The molecule has 0 saturated carbocycles. The number of halogens is 1. The Kier molecular flexibility index (Phi) is 5.63. The standard InChI is InChI=1S/C21H19FN2O5/c1-3-29-20(27)17-12(2)24(16-9-7-13(8-10-16)19(25)26)21(28)23-18(17)14-5-4-6-15(22)11-14/h4-11,18H,3H2,1-2H3,(H,23,28)(H,25,26)/t18-/m0/s1. The number of anilines is 1. The number of aromatic carboxylic acids is 1. The summed E-state index contributed by atoms with van der Waals surface area (Å²) < 4.78 is 18.9. The van der Waals surface area contributed by atoms with Gasteiger partial charge in [-0.15, -0.1) is 0 Å². The lowest BCUT2D eigenvalue weighted by Crippen LogP contribution is -2.48. The molecule has 1 atom stereocenters. The summed E-state index contributed by atoms with van der Waals surface area (Å²) >= 11 is 0. The Hall–Kier alpha value is -3.68. The molecule has 2 N–H and O–H groups in total. The summed E-state index contributed by atoms with van der Waals surface area (Å²) in [5.74, 6) is -2.22. The predicted molar refractivity (Wildman–Crippen MR) is 103 cm³/mol. The maximum atomic E-state index is 13.7. The van der Waals surface area contributed by atoms with E-state index in [4.69, 9.17) is 9.84 Å². The Balaban J connectivity index is 2.10. The summed E-state index contributed by atoms with van der Waals surface area (Å²) in [7, 11) is 0. The molecular formula is C21H19FN2O5. The lowest BCUT2D eigenvalue weighted by atomic mass is 9.94. The molecule has 29 heavy (non-hydrogen) atoms. The molecule has 0 unspecified atom stereocenters. The van der Waals surface area contributed by atoms with Gasteiger partial charge in [-0.25, -0.2) is 18.8 Å². The molecule has 1 aliphatic heterocycles. The fourth-order valence-corrected chi connectivity index (χ4v) is 3.22. The summed E-state index contributed by atoms with van der Waals surface area (Å²) in [6.45, 7) is 3.38. The largest absolute Gasteiger partial charge is 0.478 e. The Morgan fingerprint density at radius 1 is 1.21 bits per heavy atom. The van der Waals surface area contributed by atoms with Gasteiger partial charge in [0, 0.05) is 5.70 Å². The number of carbonyl (C=O) groups is 3. The number of benzene rings is 2. The van der Waals surface area contributed by atoms with Gasteiger partial charge in [0.25, 0.3) is 0 Å². The average molecular weight is 398 g/mol. The van der Waals surface area contributed by atoms with E-state index in [2.05, 4.69) is 5.32 Å². The fraction of sp³-hybridized carbons (Fsp3) is 0.190. The van der Waals surface area contributed by atoms with Gasteiger partial charge in [0.05, 0.1) is 29.5 Å². The minimum absolute atomic E-state index is 0.0658. The molecule has 8 heteroatoms. The molecule has 150 valence electrons. The number of nitrogens with zero attached hydrogens (tertiary/aromatic N) is 1. The number of rotatable bonds is 5. The van der Waals surface area contributed by atoms with Crippen molar-refractivity contribution in [3.63, 3.8) is 0 Å². The maximum absolute atomic E-state index is 13.7. The van der Waals surface area contributed by atoms with Crippen molar-refractivity contribution >= 4 is 23.7 Å². The summed E-state index contributed by atoms with van der Waals surface area (Å²) in [5, 5.41) is 11.8. The van der Waals surface area contributed by atoms with Gasteiger partial charge >= 0.3 is 18.0 Å². The monoisotopic (exact) mass is 398 g/mol. The number of ether oxygens (including phenoxy) is 1. The third kappa shape index (κ3) is 3.96. The number of carboxylic acid groups (broad SMARTS) is 1. The highest BCUT2D eigenvalue weighted by Crippen LogP contribution is 2.34. The molecular weight excluding hydrogens is 379 g/mol. The molecule has 2 aromatic carbocycles. The summed E-state index contributed by atoms with van der Waals surface area (Å²) in [6, 6.07) is 9.86. The molecule has 1 heterocycles. The maximum Gasteiger partial charge on any atom is 0.338 e. The van der Waals surface area contributed by atoms with Gasteiger partial charge in [0.2, 0.25) is 0 Å². The van der Waals surface area contributed by atoms with Crippen molar-refractivity contribution in [3.05, 3.63) is 76.7 Å². The quantitative estimate of drug-likeness (QED) is 0.750. The van der Waals surface area contributed by atoms with Crippen LogP contribution in [0.3, 0.4) is 0 Å². The number of allylic oxidation sites excluding steroid dienone is 1. The van der Waals surface area contributed by atoms with Crippen LogP contribution < -0.4 is 10.2 Å². The Morgan fingerprint density at radius 2 is 1.90 bits per heavy atom. The van der Waals surface area contributed by atoms with Crippen molar-refractivity contribution in [2.75, 3.05) is 11.5 Å². The second-order valence-electron chi connectivity index (χ2n) is 6.34. The van der Waals surface area contributed by atoms with E-state index in [1.807, 2.05) is 0 Å². The molecule has 2 aromatic rings. The van der Waals surface area contributed by atoms with E-state index in [0.717, 1.165) is 0 Å². The summed E-state index contributed by atoms with van der Waals surface area (Å²) in [4.78, 5) is 37.8. The van der Waals surface area contributed by atoms with Crippen LogP contribution in [0.15, 0.2) is 59.8 Å². The van der Waals surface area contributed by atoms with Crippen molar-refractivity contribution in [1.82, 2.24) is 5.32 Å². The second kappa shape index (κ2) is 8.14. The van der Waals surface area contributed by atoms with E-state index in [1.54, 1.807) is 19.9 Å². The first-order chi connectivity index (χ1) is 13.8. The summed E-state index contributed by atoms with van der Waals surface area (Å²) in [5.41, 5.74) is 1.33. The summed E-state index contributed by atoms with van der Waals surface area (Å²) in [6.07, 6.45) is 0. The molecule has 1 aliphatic rings. The van der Waals surface area contributed by atoms with Gasteiger partial charge in [-0.1, -0.05) is 12.1 Å².